The first-order chi connectivity index (χ1) is 13.2. The highest BCUT2D eigenvalue weighted by Gasteiger charge is 2.35. The van der Waals surface area contributed by atoms with Crippen LogP contribution in [0.25, 0.3) is 0 Å². The molecule has 6 nitrogen and oxygen atoms in total. The van der Waals surface area contributed by atoms with Crippen LogP contribution in [0, 0.1) is 0 Å². The van der Waals surface area contributed by atoms with Gasteiger partial charge in [0.2, 0.25) is 5.88 Å². The van der Waals surface area contributed by atoms with Gasteiger partial charge in [0.15, 0.2) is 0 Å². The highest BCUT2D eigenvalue weighted by atomic mass is 16.5. The van der Waals surface area contributed by atoms with E-state index in [1.807, 2.05) is 54.6 Å². The topological polar surface area (TPSA) is 76.5 Å². The van der Waals surface area contributed by atoms with E-state index in [-0.39, 0.29) is 0 Å². The lowest BCUT2D eigenvalue weighted by atomic mass is 9.87. The molecule has 1 aliphatic rings. The molecular formula is C21H21N3O3. The zero-order valence-corrected chi connectivity index (χ0v) is 14.8. The summed E-state index contributed by atoms with van der Waals surface area (Å²) in [5, 5.41) is 14.2. The molecule has 2 aromatic heterocycles. The van der Waals surface area contributed by atoms with E-state index in [9.17, 15) is 5.11 Å². The van der Waals surface area contributed by atoms with E-state index in [1.54, 1.807) is 12.4 Å². The van der Waals surface area contributed by atoms with Crippen LogP contribution in [-0.4, -0.2) is 28.3 Å². The molecule has 1 saturated heterocycles. The number of benzene rings is 1. The molecule has 138 valence electrons. The molecule has 0 saturated carbocycles. The van der Waals surface area contributed by atoms with Gasteiger partial charge >= 0.3 is 0 Å². The first-order valence-corrected chi connectivity index (χ1v) is 8.95. The second kappa shape index (κ2) is 7.73. The highest BCUT2D eigenvalue weighted by Crippen LogP contribution is 2.38. The lowest BCUT2D eigenvalue weighted by Gasteiger charge is -2.33. The van der Waals surface area contributed by atoms with Gasteiger partial charge in [-0.3, -0.25) is 0 Å². The molecule has 0 aliphatic carbocycles. The summed E-state index contributed by atoms with van der Waals surface area (Å²) in [5.41, 5.74) is 0.636. The van der Waals surface area contributed by atoms with Crippen molar-refractivity contribution in [2.75, 3.05) is 18.5 Å². The predicted molar refractivity (Wildman–Crippen MR) is 102 cm³/mol. The number of anilines is 2. The van der Waals surface area contributed by atoms with Crippen LogP contribution in [0.4, 0.5) is 11.5 Å². The van der Waals surface area contributed by atoms with Crippen LogP contribution >= 0.6 is 0 Å². The Kier molecular flexibility index (Phi) is 5.00. The quantitative estimate of drug-likeness (QED) is 0.713. The van der Waals surface area contributed by atoms with Gasteiger partial charge < -0.3 is 19.9 Å². The van der Waals surface area contributed by atoms with Crippen molar-refractivity contribution in [3.05, 3.63) is 72.6 Å². The summed E-state index contributed by atoms with van der Waals surface area (Å²) >= 11 is 0. The van der Waals surface area contributed by atoms with Crippen LogP contribution in [0.2, 0.25) is 0 Å². The molecule has 4 rings (SSSR count). The minimum Gasteiger partial charge on any atom is -0.439 e. The van der Waals surface area contributed by atoms with Gasteiger partial charge in [-0.2, -0.15) is 0 Å². The molecule has 2 N–H and O–H groups in total. The summed E-state index contributed by atoms with van der Waals surface area (Å²) in [7, 11) is 0. The van der Waals surface area contributed by atoms with Crippen molar-refractivity contribution in [2.24, 2.45) is 0 Å². The van der Waals surface area contributed by atoms with E-state index in [1.165, 1.54) is 0 Å². The Bertz CT molecular complexity index is 879. The van der Waals surface area contributed by atoms with E-state index >= 15 is 0 Å². The number of nitrogens with zero attached hydrogens (tertiary/aromatic N) is 2. The summed E-state index contributed by atoms with van der Waals surface area (Å²) in [4.78, 5) is 8.58. The maximum absolute atomic E-state index is 11.0. The number of hydrogen-bond acceptors (Lipinski definition) is 6. The van der Waals surface area contributed by atoms with Crippen LogP contribution < -0.4 is 10.1 Å². The summed E-state index contributed by atoms with van der Waals surface area (Å²) in [6.45, 7) is 1.05. The summed E-state index contributed by atoms with van der Waals surface area (Å²) in [6, 6.07) is 16.9. The van der Waals surface area contributed by atoms with Gasteiger partial charge in [-0.1, -0.05) is 6.07 Å². The minimum atomic E-state index is -0.970. The van der Waals surface area contributed by atoms with Crippen molar-refractivity contribution >= 4 is 11.5 Å². The molecule has 1 aromatic carbocycles. The smallest absolute Gasteiger partial charge is 0.225 e. The summed E-state index contributed by atoms with van der Waals surface area (Å²) in [6.07, 6.45) is 4.46. The number of ether oxygens (including phenoxy) is 2. The van der Waals surface area contributed by atoms with Gasteiger partial charge in [0.25, 0.3) is 0 Å². The van der Waals surface area contributed by atoms with Crippen molar-refractivity contribution in [3.63, 3.8) is 0 Å². The largest absolute Gasteiger partial charge is 0.439 e. The van der Waals surface area contributed by atoms with Crippen molar-refractivity contribution in [1.82, 2.24) is 9.97 Å². The Labute approximate surface area is 157 Å². The molecule has 0 spiro atoms. The van der Waals surface area contributed by atoms with Crippen molar-refractivity contribution in [1.29, 1.82) is 0 Å². The third-order valence-electron chi connectivity index (χ3n) is 4.60. The predicted octanol–water partition coefficient (Wildman–Crippen LogP) is 4.01. The zero-order chi connectivity index (χ0) is 18.5. The van der Waals surface area contributed by atoms with Gasteiger partial charge in [-0.15, -0.1) is 0 Å². The van der Waals surface area contributed by atoms with E-state index < -0.39 is 5.60 Å². The van der Waals surface area contributed by atoms with Gasteiger partial charge in [0.05, 0.1) is 5.60 Å². The lowest BCUT2D eigenvalue weighted by Crippen LogP contribution is -2.33. The Morgan fingerprint density at radius 1 is 0.926 bits per heavy atom. The molecule has 0 amide bonds. The van der Waals surface area contributed by atoms with Crippen molar-refractivity contribution in [3.8, 4) is 11.6 Å². The molecule has 0 atom stereocenters. The maximum atomic E-state index is 11.0. The molecule has 0 unspecified atom stereocenters. The number of hydrogen-bond donors (Lipinski definition) is 2. The SMILES string of the molecule is OC1(c2cccnc2Oc2ccc(Nc3ccccn3)cc2)CCOCC1. The fourth-order valence-electron chi connectivity index (χ4n) is 3.11. The van der Waals surface area contributed by atoms with E-state index in [2.05, 4.69) is 15.3 Å². The van der Waals surface area contributed by atoms with Gasteiger partial charge in [0, 0.05) is 49.7 Å². The average Bonchev–Trinajstić information content (AvgIpc) is 2.71. The second-order valence-electron chi connectivity index (χ2n) is 6.47. The maximum Gasteiger partial charge on any atom is 0.225 e. The minimum absolute atomic E-state index is 0.423. The molecule has 27 heavy (non-hydrogen) atoms. The fraction of sp³-hybridized carbons (Fsp3) is 0.238. The van der Waals surface area contributed by atoms with E-state index in [0.717, 1.165) is 11.5 Å². The van der Waals surface area contributed by atoms with Gasteiger partial charge in [-0.25, -0.2) is 9.97 Å². The Morgan fingerprint density at radius 2 is 1.70 bits per heavy atom. The van der Waals surface area contributed by atoms with Crippen LogP contribution in [0.3, 0.4) is 0 Å². The van der Waals surface area contributed by atoms with Crippen LogP contribution in [0.15, 0.2) is 67.0 Å². The molecule has 0 bridgehead atoms. The van der Waals surface area contributed by atoms with Crippen molar-refractivity contribution in [2.45, 2.75) is 18.4 Å². The highest BCUT2D eigenvalue weighted by molar-refractivity contribution is 5.57. The summed E-state index contributed by atoms with van der Waals surface area (Å²) in [5.74, 6) is 1.85. The Balaban J connectivity index is 1.51. The molecule has 1 fully saturated rings. The third-order valence-corrected chi connectivity index (χ3v) is 4.60. The van der Waals surface area contributed by atoms with Crippen LogP contribution in [0.1, 0.15) is 18.4 Å². The number of rotatable bonds is 5. The Hall–Kier alpha value is -2.96. The first-order valence-electron chi connectivity index (χ1n) is 8.95. The second-order valence-corrected chi connectivity index (χ2v) is 6.47. The number of aliphatic hydroxyl groups is 1. The summed E-state index contributed by atoms with van der Waals surface area (Å²) < 4.78 is 11.4. The van der Waals surface area contributed by atoms with Gasteiger partial charge in [-0.05, 0) is 48.5 Å². The third kappa shape index (κ3) is 4.07. The zero-order valence-electron chi connectivity index (χ0n) is 14.8. The molecule has 1 aliphatic heterocycles. The normalized spacial score (nSPS) is 15.9. The monoisotopic (exact) mass is 363 g/mol. The standard InChI is InChI=1S/C21H21N3O3/c25-21(10-14-26-15-11-21)18-4-3-13-23-20(18)27-17-8-6-16(7-9-17)24-19-5-1-2-12-22-19/h1-9,12-13,25H,10-11,14-15H2,(H,22,24). The van der Waals surface area contributed by atoms with E-state index in [4.69, 9.17) is 9.47 Å². The van der Waals surface area contributed by atoms with E-state index in [0.29, 0.717) is 43.2 Å². The van der Waals surface area contributed by atoms with Gasteiger partial charge in [0.1, 0.15) is 11.6 Å². The fourth-order valence-corrected chi connectivity index (χ4v) is 3.11. The average molecular weight is 363 g/mol. The molecule has 3 heterocycles. The molecular weight excluding hydrogens is 342 g/mol. The molecule has 0 radical (unpaired) electrons. The van der Waals surface area contributed by atoms with Crippen LogP contribution in [0.5, 0.6) is 11.6 Å². The first kappa shape index (κ1) is 17.5. The molecule has 3 aromatic rings. The Morgan fingerprint density at radius 3 is 2.44 bits per heavy atom. The van der Waals surface area contributed by atoms with Crippen molar-refractivity contribution < 1.29 is 14.6 Å². The number of aromatic nitrogens is 2. The molecule has 6 heteroatoms. The number of pyridine rings is 2. The number of nitrogens with one attached hydrogen (secondary N) is 1. The van der Waals surface area contributed by atoms with Crippen LogP contribution in [-0.2, 0) is 10.3 Å². The lowest BCUT2D eigenvalue weighted by molar-refractivity contribution is -0.0690.